The predicted octanol–water partition coefficient (Wildman–Crippen LogP) is 3.21. The molecule has 0 spiro atoms. The van der Waals surface area contributed by atoms with Crippen LogP contribution in [0.4, 0.5) is 0 Å². The molecule has 104 valence electrons. The van der Waals surface area contributed by atoms with Crippen LogP contribution in [-0.4, -0.2) is 29.8 Å². The minimum Gasteiger partial charge on any atom is -0.493 e. The molecular formula is C15H20ClNO2. The molecular weight excluding hydrogens is 262 g/mol. The average Bonchev–Trinajstić information content (AvgIpc) is 2.40. The Morgan fingerprint density at radius 2 is 2.05 bits per heavy atom. The molecule has 1 aromatic carbocycles. The van der Waals surface area contributed by atoms with Crippen molar-refractivity contribution in [2.75, 3.05) is 19.7 Å². The van der Waals surface area contributed by atoms with Crippen LogP contribution >= 0.6 is 11.6 Å². The van der Waals surface area contributed by atoms with Crippen molar-refractivity contribution in [2.45, 2.75) is 32.2 Å². The molecule has 1 saturated heterocycles. The molecule has 0 N–H and O–H groups in total. The van der Waals surface area contributed by atoms with Crippen LogP contribution in [0.5, 0.6) is 5.75 Å². The van der Waals surface area contributed by atoms with E-state index in [4.69, 9.17) is 16.3 Å². The second-order valence-electron chi connectivity index (χ2n) is 4.94. The van der Waals surface area contributed by atoms with Crippen LogP contribution in [-0.2, 0) is 11.3 Å². The third kappa shape index (κ3) is 5.21. The molecule has 0 aliphatic carbocycles. The number of hydrogen-bond donors (Lipinski definition) is 0. The van der Waals surface area contributed by atoms with E-state index in [-0.39, 0.29) is 11.7 Å². The van der Waals surface area contributed by atoms with Crippen molar-refractivity contribution in [3.8, 4) is 5.75 Å². The number of carbonyl (C=O) groups excluding carboxylic acids is 1. The first-order valence-electron chi connectivity index (χ1n) is 6.86. The van der Waals surface area contributed by atoms with Crippen LogP contribution in [0.1, 0.15) is 31.2 Å². The zero-order chi connectivity index (χ0) is 13.5. The van der Waals surface area contributed by atoms with Gasteiger partial charge in [-0.3, -0.25) is 9.69 Å². The van der Waals surface area contributed by atoms with E-state index in [2.05, 4.69) is 11.0 Å². The van der Waals surface area contributed by atoms with Crippen LogP contribution in [0.2, 0.25) is 0 Å². The van der Waals surface area contributed by atoms with Crippen molar-refractivity contribution in [3.63, 3.8) is 0 Å². The molecule has 0 radical (unpaired) electrons. The number of halogens is 1. The van der Waals surface area contributed by atoms with Gasteiger partial charge in [-0.25, -0.2) is 0 Å². The molecule has 19 heavy (non-hydrogen) atoms. The number of nitrogens with zero attached hydrogens (tertiary/aromatic N) is 1. The number of carbonyl (C=O) groups is 1. The highest BCUT2D eigenvalue weighted by molar-refractivity contribution is 6.63. The maximum atomic E-state index is 10.6. The first-order valence-corrected chi connectivity index (χ1v) is 7.24. The fourth-order valence-electron chi connectivity index (χ4n) is 2.36. The van der Waals surface area contributed by atoms with Gasteiger partial charge in [0.05, 0.1) is 13.0 Å². The van der Waals surface area contributed by atoms with E-state index in [0.29, 0.717) is 6.61 Å². The van der Waals surface area contributed by atoms with Crippen LogP contribution in [0.3, 0.4) is 0 Å². The number of ether oxygens (including phenoxy) is 1. The van der Waals surface area contributed by atoms with Crippen molar-refractivity contribution in [3.05, 3.63) is 29.8 Å². The zero-order valence-corrected chi connectivity index (χ0v) is 11.9. The van der Waals surface area contributed by atoms with Gasteiger partial charge in [0.15, 0.2) is 0 Å². The maximum Gasteiger partial charge on any atom is 0.225 e. The molecule has 4 heteroatoms. The molecule has 0 atom stereocenters. The van der Waals surface area contributed by atoms with Gasteiger partial charge >= 0.3 is 0 Å². The van der Waals surface area contributed by atoms with E-state index in [1.54, 1.807) is 0 Å². The molecule has 2 rings (SSSR count). The zero-order valence-electron chi connectivity index (χ0n) is 11.1. The second-order valence-corrected chi connectivity index (χ2v) is 5.36. The van der Waals surface area contributed by atoms with Crippen molar-refractivity contribution in [1.82, 2.24) is 4.90 Å². The third-order valence-electron chi connectivity index (χ3n) is 3.32. The lowest BCUT2D eigenvalue weighted by atomic mass is 10.1. The van der Waals surface area contributed by atoms with Crippen LogP contribution in [0.25, 0.3) is 0 Å². The monoisotopic (exact) mass is 281 g/mol. The summed E-state index contributed by atoms with van der Waals surface area (Å²) >= 11 is 5.28. The lowest BCUT2D eigenvalue weighted by Crippen LogP contribution is -2.29. The fourth-order valence-corrected chi connectivity index (χ4v) is 2.44. The molecule has 3 nitrogen and oxygen atoms in total. The molecule has 0 saturated carbocycles. The number of rotatable bonds is 6. The molecule has 0 amide bonds. The van der Waals surface area contributed by atoms with E-state index in [0.717, 1.165) is 12.3 Å². The number of benzene rings is 1. The second kappa shape index (κ2) is 7.51. The maximum absolute atomic E-state index is 10.6. The summed E-state index contributed by atoms with van der Waals surface area (Å²) in [5.41, 5.74) is 1.26. The van der Waals surface area contributed by atoms with E-state index in [1.807, 2.05) is 18.2 Å². The van der Waals surface area contributed by atoms with Gasteiger partial charge in [0.1, 0.15) is 5.75 Å². The third-order valence-corrected chi connectivity index (χ3v) is 3.51. The predicted molar refractivity (Wildman–Crippen MR) is 76.5 cm³/mol. The first-order chi connectivity index (χ1) is 9.24. The van der Waals surface area contributed by atoms with E-state index < -0.39 is 0 Å². The van der Waals surface area contributed by atoms with Crippen LogP contribution in [0.15, 0.2) is 24.3 Å². The summed E-state index contributed by atoms with van der Waals surface area (Å²) in [5, 5.41) is -0.357. The van der Waals surface area contributed by atoms with Gasteiger partial charge in [-0.1, -0.05) is 18.6 Å². The van der Waals surface area contributed by atoms with Crippen molar-refractivity contribution in [2.24, 2.45) is 0 Å². The van der Waals surface area contributed by atoms with E-state index in [9.17, 15) is 4.79 Å². The normalized spacial score (nSPS) is 16.3. The Morgan fingerprint density at radius 3 is 2.79 bits per heavy atom. The van der Waals surface area contributed by atoms with Crippen LogP contribution in [0, 0.1) is 0 Å². The summed E-state index contributed by atoms with van der Waals surface area (Å²) in [7, 11) is 0. The molecule has 0 bridgehead atoms. The van der Waals surface area contributed by atoms with Gasteiger partial charge in [-0.05, 0) is 55.2 Å². The summed E-state index contributed by atoms with van der Waals surface area (Å²) in [6.45, 7) is 3.69. The smallest absolute Gasteiger partial charge is 0.225 e. The average molecular weight is 282 g/mol. The summed E-state index contributed by atoms with van der Waals surface area (Å²) in [5.74, 6) is 0.812. The number of piperidine rings is 1. The summed E-state index contributed by atoms with van der Waals surface area (Å²) < 4.78 is 5.52. The summed E-state index contributed by atoms with van der Waals surface area (Å²) in [6, 6.07) is 8.08. The summed E-state index contributed by atoms with van der Waals surface area (Å²) in [6.07, 6.45) is 4.20. The van der Waals surface area contributed by atoms with Crippen molar-refractivity contribution < 1.29 is 9.53 Å². The number of likely N-dealkylation sites (tertiary alicyclic amines) is 1. The summed E-state index contributed by atoms with van der Waals surface area (Å²) in [4.78, 5) is 13.1. The highest BCUT2D eigenvalue weighted by Crippen LogP contribution is 2.17. The highest BCUT2D eigenvalue weighted by atomic mass is 35.5. The standard InChI is InChI=1S/C15H20ClNO2/c16-15(18)7-10-19-14-6-4-5-13(11-14)12-17-8-2-1-3-9-17/h4-6,11H,1-3,7-10,12H2. The molecule has 1 fully saturated rings. The molecule has 1 aliphatic heterocycles. The fraction of sp³-hybridized carbons (Fsp3) is 0.533. The van der Waals surface area contributed by atoms with Gasteiger partial charge in [-0.15, -0.1) is 0 Å². The topological polar surface area (TPSA) is 29.5 Å². The largest absolute Gasteiger partial charge is 0.493 e. The lowest BCUT2D eigenvalue weighted by molar-refractivity contribution is -0.112. The van der Waals surface area contributed by atoms with Gasteiger partial charge in [0, 0.05) is 6.54 Å². The Balaban J connectivity index is 1.85. The molecule has 1 heterocycles. The molecule has 0 unspecified atom stereocenters. The minimum atomic E-state index is -0.357. The van der Waals surface area contributed by atoms with E-state index >= 15 is 0 Å². The highest BCUT2D eigenvalue weighted by Gasteiger charge is 2.10. The quantitative estimate of drug-likeness (QED) is 0.750. The molecule has 1 aliphatic rings. The van der Waals surface area contributed by atoms with Crippen LogP contribution < -0.4 is 4.74 Å². The Bertz CT molecular complexity index is 416. The van der Waals surface area contributed by atoms with Gasteiger partial charge in [0.2, 0.25) is 5.24 Å². The van der Waals surface area contributed by atoms with E-state index in [1.165, 1.54) is 37.9 Å². The van der Waals surface area contributed by atoms with Gasteiger partial charge < -0.3 is 4.74 Å². The molecule has 0 aromatic heterocycles. The van der Waals surface area contributed by atoms with Gasteiger partial charge in [-0.2, -0.15) is 0 Å². The van der Waals surface area contributed by atoms with Gasteiger partial charge in [0.25, 0.3) is 0 Å². The Kier molecular flexibility index (Phi) is 5.67. The SMILES string of the molecule is O=C(Cl)CCOc1cccc(CN2CCCCC2)c1. The lowest BCUT2D eigenvalue weighted by Gasteiger charge is -2.26. The first kappa shape index (κ1) is 14.4. The Hall–Kier alpha value is -1.06. The van der Waals surface area contributed by atoms with Crippen molar-refractivity contribution in [1.29, 1.82) is 0 Å². The molecule has 1 aromatic rings. The number of hydrogen-bond acceptors (Lipinski definition) is 3. The Morgan fingerprint density at radius 1 is 1.26 bits per heavy atom. The minimum absolute atomic E-state index is 0.248. The van der Waals surface area contributed by atoms with Crippen molar-refractivity contribution >= 4 is 16.8 Å². The Labute approximate surface area is 119 Å².